The Hall–Kier alpha value is -1.00. The van der Waals surface area contributed by atoms with E-state index in [-0.39, 0.29) is 0 Å². The molecule has 1 aromatic rings. The first-order valence-corrected chi connectivity index (χ1v) is 6.66. The summed E-state index contributed by atoms with van der Waals surface area (Å²) in [4.78, 5) is 11.6. The van der Waals surface area contributed by atoms with Crippen LogP contribution in [-0.4, -0.2) is 42.2 Å². The van der Waals surface area contributed by atoms with E-state index < -0.39 is 0 Å². The van der Waals surface area contributed by atoms with Gasteiger partial charge < -0.3 is 9.64 Å². The lowest BCUT2D eigenvalue weighted by molar-refractivity contribution is 0.193. The molecule has 0 unspecified atom stereocenters. The minimum absolute atomic E-state index is 0.423. The van der Waals surface area contributed by atoms with Gasteiger partial charge in [0.25, 0.3) is 0 Å². The molecule has 0 radical (unpaired) electrons. The van der Waals surface area contributed by atoms with Crippen molar-refractivity contribution in [1.29, 1.82) is 0 Å². The Kier molecular flexibility index (Phi) is 4.30. The van der Waals surface area contributed by atoms with Crippen molar-refractivity contribution in [1.82, 2.24) is 14.9 Å². The Bertz CT molecular complexity index is 398. The zero-order valence-corrected chi connectivity index (χ0v) is 11.8. The van der Waals surface area contributed by atoms with Crippen LogP contribution < -0.4 is 0 Å². The third-order valence-corrected chi connectivity index (χ3v) is 3.27. The molecule has 0 bridgehead atoms. The summed E-state index contributed by atoms with van der Waals surface area (Å²) in [7, 11) is 4.14. The molecule has 0 N–H and O–H groups in total. The van der Waals surface area contributed by atoms with Crippen LogP contribution in [0.4, 0.5) is 0 Å². The van der Waals surface area contributed by atoms with Crippen molar-refractivity contribution in [2.75, 3.05) is 27.3 Å². The highest BCUT2D eigenvalue weighted by molar-refractivity contribution is 5.20. The first-order chi connectivity index (χ1) is 8.58. The van der Waals surface area contributed by atoms with Gasteiger partial charge in [-0.1, -0.05) is 13.8 Å². The van der Waals surface area contributed by atoms with Crippen LogP contribution in [0.1, 0.15) is 49.2 Å². The van der Waals surface area contributed by atoms with Crippen LogP contribution in [0.2, 0.25) is 0 Å². The van der Waals surface area contributed by atoms with Crippen molar-refractivity contribution < 1.29 is 4.74 Å². The van der Waals surface area contributed by atoms with E-state index in [0.29, 0.717) is 11.8 Å². The highest BCUT2D eigenvalue weighted by Crippen LogP contribution is 2.27. The predicted molar refractivity (Wildman–Crippen MR) is 71.7 cm³/mol. The topological polar surface area (TPSA) is 38.2 Å². The molecule has 1 fully saturated rings. The molecule has 2 rings (SSSR count). The van der Waals surface area contributed by atoms with Crippen LogP contribution >= 0.6 is 0 Å². The molecular formula is C14H23N3O. The minimum Gasteiger partial charge on any atom is -0.381 e. The number of nitrogens with zero attached hydrogens (tertiary/aromatic N) is 3. The van der Waals surface area contributed by atoms with E-state index in [1.807, 2.05) is 6.20 Å². The lowest BCUT2D eigenvalue weighted by atomic mass is 10.0. The molecule has 4 heteroatoms. The smallest absolute Gasteiger partial charge is 0.0765 e. The quantitative estimate of drug-likeness (QED) is 0.819. The maximum absolute atomic E-state index is 5.47. The predicted octanol–water partition coefficient (Wildman–Crippen LogP) is 2.17. The van der Waals surface area contributed by atoms with Crippen LogP contribution in [0, 0.1) is 0 Å². The molecule has 0 amide bonds. The van der Waals surface area contributed by atoms with Gasteiger partial charge in [0.05, 0.1) is 23.7 Å². The molecule has 0 aromatic carbocycles. The van der Waals surface area contributed by atoms with Gasteiger partial charge in [0.15, 0.2) is 0 Å². The van der Waals surface area contributed by atoms with Crippen molar-refractivity contribution in [2.45, 2.75) is 38.6 Å². The zero-order valence-electron chi connectivity index (χ0n) is 11.8. The fraction of sp³-hybridized carbons (Fsp3) is 0.714. The number of hydrogen-bond donors (Lipinski definition) is 0. The first kappa shape index (κ1) is 13.4. The molecular weight excluding hydrogens is 226 g/mol. The molecule has 100 valence electrons. The molecule has 18 heavy (non-hydrogen) atoms. The van der Waals surface area contributed by atoms with Gasteiger partial charge in [-0.15, -0.1) is 0 Å². The van der Waals surface area contributed by atoms with Crippen LogP contribution in [0.25, 0.3) is 0 Å². The van der Waals surface area contributed by atoms with Gasteiger partial charge in [0.2, 0.25) is 0 Å². The fourth-order valence-electron chi connectivity index (χ4n) is 2.24. The summed E-state index contributed by atoms with van der Waals surface area (Å²) in [5.41, 5.74) is 3.32. The number of hydrogen-bond acceptors (Lipinski definition) is 4. The lowest BCUT2D eigenvalue weighted by Gasteiger charge is -2.17. The van der Waals surface area contributed by atoms with E-state index in [4.69, 9.17) is 9.72 Å². The van der Waals surface area contributed by atoms with Gasteiger partial charge in [-0.05, 0) is 26.4 Å². The summed E-state index contributed by atoms with van der Waals surface area (Å²) >= 11 is 0. The summed E-state index contributed by atoms with van der Waals surface area (Å²) in [6.07, 6.45) is 2.99. The van der Waals surface area contributed by atoms with Crippen LogP contribution in [0.15, 0.2) is 6.20 Å². The normalized spacial score (nSPS) is 20.0. The lowest BCUT2D eigenvalue weighted by Crippen LogP contribution is -2.18. The van der Waals surface area contributed by atoms with Crippen LogP contribution in [0.3, 0.4) is 0 Å². The Labute approximate surface area is 109 Å². The Morgan fingerprint density at radius 3 is 2.78 bits per heavy atom. The van der Waals surface area contributed by atoms with Crippen molar-refractivity contribution >= 4 is 0 Å². The number of aromatic nitrogens is 2. The Balaban J connectivity index is 2.31. The second-order valence-corrected chi connectivity index (χ2v) is 5.58. The van der Waals surface area contributed by atoms with E-state index >= 15 is 0 Å². The summed E-state index contributed by atoms with van der Waals surface area (Å²) in [6.45, 7) is 6.79. The summed E-state index contributed by atoms with van der Waals surface area (Å²) in [5, 5.41) is 0. The van der Waals surface area contributed by atoms with E-state index in [9.17, 15) is 0 Å². The molecule has 0 aliphatic carbocycles. The maximum atomic E-state index is 5.47. The molecule has 0 saturated carbocycles. The van der Waals surface area contributed by atoms with E-state index in [1.165, 1.54) is 0 Å². The average Bonchev–Trinajstić information content (AvgIpc) is 2.81. The molecule has 2 heterocycles. The zero-order chi connectivity index (χ0) is 13.1. The summed E-state index contributed by atoms with van der Waals surface area (Å²) < 4.78 is 5.47. The second kappa shape index (κ2) is 5.76. The SMILES string of the molecule is CC(C)c1cnc([C@H]2CCOC2)c(CN(C)C)n1. The van der Waals surface area contributed by atoms with Gasteiger partial charge in [-0.25, -0.2) is 0 Å². The minimum atomic E-state index is 0.423. The molecule has 1 saturated heterocycles. The summed E-state index contributed by atoms with van der Waals surface area (Å²) in [6, 6.07) is 0. The molecule has 4 nitrogen and oxygen atoms in total. The van der Waals surface area contributed by atoms with Gasteiger partial charge in [-0.3, -0.25) is 9.97 Å². The molecule has 0 spiro atoms. The molecule has 1 aliphatic heterocycles. The van der Waals surface area contributed by atoms with Gasteiger partial charge in [0, 0.05) is 25.3 Å². The van der Waals surface area contributed by atoms with Crippen LogP contribution in [-0.2, 0) is 11.3 Å². The average molecular weight is 249 g/mol. The van der Waals surface area contributed by atoms with E-state index in [2.05, 4.69) is 37.8 Å². The van der Waals surface area contributed by atoms with Crippen LogP contribution in [0.5, 0.6) is 0 Å². The number of rotatable bonds is 4. The number of ether oxygens (including phenoxy) is 1. The van der Waals surface area contributed by atoms with Gasteiger partial charge >= 0.3 is 0 Å². The second-order valence-electron chi connectivity index (χ2n) is 5.58. The van der Waals surface area contributed by atoms with Crippen molar-refractivity contribution in [2.24, 2.45) is 0 Å². The monoisotopic (exact) mass is 249 g/mol. The summed E-state index contributed by atoms with van der Waals surface area (Å²) in [5.74, 6) is 0.848. The van der Waals surface area contributed by atoms with E-state index in [1.54, 1.807) is 0 Å². The molecule has 1 aromatic heterocycles. The fourth-order valence-corrected chi connectivity index (χ4v) is 2.24. The highest BCUT2D eigenvalue weighted by Gasteiger charge is 2.23. The largest absolute Gasteiger partial charge is 0.381 e. The van der Waals surface area contributed by atoms with E-state index in [0.717, 1.165) is 43.3 Å². The first-order valence-electron chi connectivity index (χ1n) is 6.66. The maximum Gasteiger partial charge on any atom is 0.0765 e. The van der Waals surface area contributed by atoms with Crippen molar-refractivity contribution in [3.63, 3.8) is 0 Å². The Morgan fingerprint density at radius 1 is 1.44 bits per heavy atom. The molecule has 1 atom stereocenters. The standard InChI is InChI=1S/C14H23N3O/c1-10(2)12-7-15-14(11-5-6-18-9-11)13(16-12)8-17(3)4/h7,10-11H,5-6,8-9H2,1-4H3/t11-/m0/s1. The van der Waals surface area contributed by atoms with Gasteiger partial charge in [0.1, 0.15) is 0 Å². The third kappa shape index (κ3) is 3.06. The van der Waals surface area contributed by atoms with Gasteiger partial charge in [-0.2, -0.15) is 0 Å². The third-order valence-electron chi connectivity index (χ3n) is 3.27. The molecule has 1 aliphatic rings. The van der Waals surface area contributed by atoms with Crippen molar-refractivity contribution in [3.8, 4) is 0 Å². The van der Waals surface area contributed by atoms with Crippen molar-refractivity contribution in [3.05, 3.63) is 23.3 Å². The Morgan fingerprint density at radius 2 is 2.22 bits per heavy atom. The highest BCUT2D eigenvalue weighted by atomic mass is 16.5.